The van der Waals surface area contributed by atoms with Gasteiger partial charge in [0.25, 0.3) is 5.56 Å². The van der Waals surface area contributed by atoms with Crippen LogP contribution in [0, 0.1) is 0 Å². The molecule has 0 unspecified atom stereocenters. The maximum absolute atomic E-state index is 11.0. The zero-order valence-corrected chi connectivity index (χ0v) is 6.27. The lowest BCUT2D eigenvalue weighted by Crippen LogP contribution is -2.03. The molecule has 56 valence electrons. The predicted octanol–water partition coefficient (Wildman–Crippen LogP) is 1.51. The number of fused-ring (bicyclic) bond motifs is 1. The summed E-state index contributed by atoms with van der Waals surface area (Å²) in [6, 6.07) is 1.76. The predicted molar refractivity (Wildman–Crippen MR) is 43.9 cm³/mol. The highest BCUT2D eigenvalue weighted by Gasteiger charge is 2.01. The summed E-state index contributed by atoms with van der Waals surface area (Å²) in [4.78, 5) is 16.4. The van der Waals surface area contributed by atoms with Crippen molar-refractivity contribution in [1.29, 1.82) is 0 Å². The van der Waals surface area contributed by atoms with Crippen LogP contribution in [0.4, 0.5) is 0 Å². The number of halogens is 1. The monoisotopic (exact) mass is 168 g/mol. The van der Waals surface area contributed by atoms with E-state index in [9.17, 15) is 4.79 Å². The Labute approximate surface area is 67.0 Å². The van der Waals surface area contributed by atoms with Crippen molar-refractivity contribution in [2.45, 2.75) is 0 Å². The van der Waals surface area contributed by atoms with Crippen molar-refractivity contribution in [2.75, 3.05) is 0 Å². The molecule has 2 rings (SSSR count). The Morgan fingerprint density at radius 2 is 2.18 bits per heavy atom. The molecule has 4 heteroatoms. The van der Waals surface area contributed by atoms with Gasteiger partial charge in [0, 0.05) is 17.8 Å². The molecule has 0 aliphatic carbocycles. The number of pyridine rings is 1. The van der Waals surface area contributed by atoms with Crippen molar-refractivity contribution in [3.63, 3.8) is 0 Å². The van der Waals surface area contributed by atoms with Gasteiger partial charge in [-0.2, -0.15) is 0 Å². The molecule has 0 fully saturated rings. The van der Waals surface area contributed by atoms with E-state index in [0.29, 0.717) is 10.5 Å². The largest absolute Gasteiger partial charge is 0.355 e. The van der Waals surface area contributed by atoms with Gasteiger partial charge in [-0.25, -0.2) is 0 Å². The normalized spacial score (nSPS) is 10.6. The topological polar surface area (TPSA) is 48.6 Å². The van der Waals surface area contributed by atoms with Gasteiger partial charge < -0.3 is 9.97 Å². The van der Waals surface area contributed by atoms with Crippen molar-refractivity contribution in [3.8, 4) is 0 Å². The third-order valence-corrected chi connectivity index (χ3v) is 1.87. The lowest BCUT2D eigenvalue weighted by atomic mass is 10.3. The molecule has 0 aliphatic heterocycles. The molecule has 0 saturated heterocycles. The Bertz CT molecular complexity index is 443. The second kappa shape index (κ2) is 2.13. The van der Waals surface area contributed by atoms with Crippen LogP contribution in [-0.2, 0) is 0 Å². The Balaban J connectivity index is 3.06. The molecule has 0 aliphatic rings. The van der Waals surface area contributed by atoms with Crippen molar-refractivity contribution in [2.24, 2.45) is 0 Å². The molecule has 0 spiro atoms. The first-order valence-electron chi connectivity index (χ1n) is 3.13. The molecular formula is C7H5ClN2O. The minimum absolute atomic E-state index is 0.144. The van der Waals surface area contributed by atoms with Crippen molar-refractivity contribution < 1.29 is 0 Å². The number of aromatic nitrogens is 2. The summed E-state index contributed by atoms with van der Waals surface area (Å²) in [5.41, 5.74) is 0.381. The molecule has 2 aromatic heterocycles. The fourth-order valence-electron chi connectivity index (χ4n) is 1.03. The lowest BCUT2D eigenvalue weighted by Gasteiger charge is -1.85. The minimum atomic E-state index is -0.144. The van der Waals surface area contributed by atoms with Crippen LogP contribution in [0.25, 0.3) is 10.9 Å². The van der Waals surface area contributed by atoms with Crippen LogP contribution in [0.5, 0.6) is 0 Å². The van der Waals surface area contributed by atoms with Gasteiger partial charge in [0.05, 0.1) is 5.02 Å². The van der Waals surface area contributed by atoms with Crippen LogP contribution in [0.15, 0.2) is 23.3 Å². The second-order valence-corrected chi connectivity index (χ2v) is 2.64. The van der Waals surface area contributed by atoms with Gasteiger partial charge in [-0.1, -0.05) is 11.6 Å². The highest BCUT2D eigenvalue weighted by Crippen LogP contribution is 2.18. The molecule has 0 amide bonds. The SMILES string of the molecule is O=c1[nH]ccc2c(Cl)c[nH]c12. The Kier molecular flexibility index (Phi) is 1.26. The summed E-state index contributed by atoms with van der Waals surface area (Å²) in [6.45, 7) is 0. The molecule has 0 radical (unpaired) electrons. The number of hydrogen-bond acceptors (Lipinski definition) is 1. The first-order valence-corrected chi connectivity index (χ1v) is 3.51. The Morgan fingerprint density at radius 1 is 1.36 bits per heavy atom. The quantitative estimate of drug-likeness (QED) is 0.616. The van der Waals surface area contributed by atoms with Crippen molar-refractivity contribution in [3.05, 3.63) is 33.8 Å². The highest BCUT2D eigenvalue weighted by molar-refractivity contribution is 6.35. The Hall–Kier alpha value is -1.22. The number of nitrogens with one attached hydrogen (secondary N) is 2. The third kappa shape index (κ3) is 0.851. The van der Waals surface area contributed by atoms with Gasteiger partial charge in [-0.15, -0.1) is 0 Å². The zero-order chi connectivity index (χ0) is 7.84. The molecule has 2 aromatic rings. The van der Waals surface area contributed by atoms with Crippen LogP contribution in [-0.4, -0.2) is 9.97 Å². The molecule has 0 saturated carbocycles. The first-order chi connectivity index (χ1) is 5.29. The summed E-state index contributed by atoms with van der Waals surface area (Å²) >= 11 is 5.76. The van der Waals surface area contributed by atoms with E-state index >= 15 is 0 Å². The summed E-state index contributed by atoms with van der Waals surface area (Å²) in [7, 11) is 0. The molecule has 2 N–H and O–H groups in total. The second-order valence-electron chi connectivity index (χ2n) is 2.23. The van der Waals surface area contributed by atoms with E-state index in [-0.39, 0.29) is 5.56 Å². The van der Waals surface area contributed by atoms with Crippen LogP contribution in [0.1, 0.15) is 0 Å². The standard InChI is InChI=1S/C7H5ClN2O/c8-5-3-10-6-4(5)1-2-9-7(6)11/h1-3,10H,(H,9,11). The molecular weight excluding hydrogens is 164 g/mol. The number of hydrogen-bond donors (Lipinski definition) is 2. The fourth-order valence-corrected chi connectivity index (χ4v) is 1.25. The van der Waals surface area contributed by atoms with E-state index in [0.717, 1.165) is 5.39 Å². The van der Waals surface area contributed by atoms with E-state index in [4.69, 9.17) is 11.6 Å². The highest BCUT2D eigenvalue weighted by atomic mass is 35.5. The first kappa shape index (κ1) is 6.49. The molecule has 0 atom stereocenters. The van der Waals surface area contributed by atoms with Gasteiger partial charge in [-0.3, -0.25) is 4.79 Å². The van der Waals surface area contributed by atoms with Crippen molar-refractivity contribution in [1.82, 2.24) is 9.97 Å². The lowest BCUT2D eigenvalue weighted by molar-refractivity contribution is 1.26. The third-order valence-electron chi connectivity index (χ3n) is 1.56. The van der Waals surface area contributed by atoms with Gasteiger partial charge in [0.2, 0.25) is 0 Å². The molecule has 0 aromatic carbocycles. The molecule has 11 heavy (non-hydrogen) atoms. The zero-order valence-electron chi connectivity index (χ0n) is 5.52. The van der Waals surface area contributed by atoms with E-state index in [1.54, 1.807) is 18.5 Å². The van der Waals surface area contributed by atoms with Gasteiger partial charge in [0.1, 0.15) is 5.52 Å². The smallest absolute Gasteiger partial charge is 0.272 e. The average molecular weight is 169 g/mol. The van der Waals surface area contributed by atoms with Crippen LogP contribution < -0.4 is 5.56 Å². The number of rotatable bonds is 0. The Morgan fingerprint density at radius 3 is 2.91 bits per heavy atom. The summed E-state index contributed by atoms with van der Waals surface area (Å²) in [5.74, 6) is 0. The van der Waals surface area contributed by atoms with Gasteiger partial charge in [-0.05, 0) is 6.07 Å². The maximum Gasteiger partial charge on any atom is 0.272 e. The average Bonchev–Trinajstić information content (AvgIpc) is 2.35. The van der Waals surface area contributed by atoms with Crippen LogP contribution >= 0.6 is 11.6 Å². The van der Waals surface area contributed by atoms with E-state index in [1.807, 2.05) is 0 Å². The number of H-pyrrole nitrogens is 2. The molecule has 2 heterocycles. The van der Waals surface area contributed by atoms with E-state index < -0.39 is 0 Å². The summed E-state index contributed by atoms with van der Waals surface area (Å²) < 4.78 is 0. The van der Waals surface area contributed by atoms with Gasteiger partial charge >= 0.3 is 0 Å². The van der Waals surface area contributed by atoms with E-state index in [1.165, 1.54) is 0 Å². The fraction of sp³-hybridized carbons (Fsp3) is 0. The summed E-state index contributed by atoms with van der Waals surface area (Å²) in [6.07, 6.45) is 3.17. The number of aromatic amines is 2. The van der Waals surface area contributed by atoms with Crippen molar-refractivity contribution >= 4 is 22.5 Å². The summed E-state index contributed by atoms with van der Waals surface area (Å²) in [5, 5.41) is 1.33. The van der Waals surface area contributed by atoms with Gasteiger partial charge in [0.15, 0.2) is 0 Å². The molecule has 0 bridgehead atoms. The molecule has 3 nitrogen and oxygen atoms in total. The van der Waals surface area contributed by atoms with Crippen LogP contribution in [0.2, 0.25) is 5.02 Å². The van der Waals surface area contributed by atoms with E-state index in [2.05, 4.69) is 9.97 Å². The minimum Gasteiger partial charge on any atom is -0.355 e. The van der Waals surface area contributed by atoms with Crippen LogP contribution in [0.3, 0.4) is 0 Å². The maximum atomic E-state index is 11.0.